The summed E-state index contributed by atoms with van der Waals surface area (Å²) < 4.78 is 0. The number of nitrogens with two attached hydrogens (primary N) is 1. The minimum Gasteiger partial charge on any atom is -0.323 e. The summed E-state index contributed by atoms with van der Waals surface area (Å²) in [6, 6.07) is 10.3. The van der Waals surface area contributed by atoms with Crippen LogP contribution in [-0.4, -0.2) is 4.98 Å². The predicted octanol–water partition coefficient (Wildman–Crippen LogP) is 3.51. The van der Waals surface area contributed by atoms with E-state index in [4.69, 9.17) is 5.73 Å². The van der Waals surface area contributed by atoms with Gasteiger partial charge in [-0.1, -0.05) is 19.9 Å². The fourth-order valence-electron chi connectivity index (χ4n) is 1.84. The fraction of sp³-hybridized carbons (Fsp3) is 0.357. The molecule has 3 heteroatoms. The number of nitrogens with zero attached hydrogens (tertiary/aromatic N) is 1. The Morgan fingerprint density at radius 1 is 1.29 bits per heavy atom. The molecule has 2 unspecified atom stereocenters. The van der Waals surface area contributed by atoms with Crippen molar-refractivity contribution in [1.29, 1.82) is 0 Å². The lowest BCUT2D eigenvalue weighted by Crippen LogP contribution is -2.17. The molecule has 0 radical (unpaired) electrons. The molecule has 2 N–H and O–H groups in total. The zero-order chi connectivity index (χ0) is 12.3. The Morgan fingerprint density at radius 2 is 2.12 bits per heavy atom. The number of thiophene rings is 1. The van der Waals surface area contributed by atoms with E-state index < -0.39 is 0 Å². The van der Waals surface area contributed by atoms with E-state index in [1.165, 1.54) is 9.75 Å². The highest BCUT2D eigenvalue weighted by Gasteiger charge is 2.19. The second kappa shape index (κ2) is 5.43. The van der Waals surface area contributed by atoms with Gasteiger partial charge in [0.15, 0.2) is 0 Å². The topological polar surface area (TPSA) is 38.9 Å². The van der Waals surface area contributed by atoms with Crippen LogP contribution in [0.1, 0.15) is 41.3 Å². The van der Waals surface area contributed by atoms with Gasteiger partial charge >= 0.3 is 0 Å². The maximum atomic E-state index is 6.31. The van der Waals surface area contributed by atoms with Gasteiger partial charge in [0.25, 0.3) is 0 Å². The van der Waals surface area contributed by atoms with Crippen LogP contribution in [0.15, 0.2) is 36.5 Å². The molecule has 0 aromatic carbocycles. The Balaban J connectivity index is 2.17. The minimum absolute atomic E-state index is 0.0372. The molecule has 0 fully saturated rings. The highest BCUT2D eigenvalue weighted by atomic mass is 32.1. The van der Waals surface area contributed by atoms with Gasteiger partial charge in [0, 0.05) is 33.6 Å². The number of pyridine rings is 1. The van der Waals surface area contributed by atoms with E-state index in [1.807, 2.05) is 35.7 Å². The third kappa shape index (κ3) is 2.73. The molecule has 2 nitrogen and oxygen atoms in total. The van der Waals surface area contributed by atoms with Crippen molar-refractivity contribution in [3.05, 3.63) is 52.0 Å². The van der Waals surface area contributed by atoms with Crippen molar-refractivity contribution < 1.29 is 0 Å². The first-order chi connectivity index (χ1) is 8.22. The average Bonchev–Trinajstić information content (AvgIpc) is 2.87. The van der Waals surface area contributed by atoms with Crippen LogP contribution >= 0.6 is 11.3 Å². The van der Waals surface area contributed by atoms with Gasteiger partial charge in [-0.15, -0.1) is 11.3 Å². The Labute approximate surface area is 107 Å². The fourth-order valence-corrected chi connectivity index (χ4v) is 2.90. The molecular weight excluding hydrogens is 228 g/mol. The monoisotopic (exact) mass is 246 g/mol. The number of aromatic nitrogens is 1. The average molecular weight is 246 g/mol. The first-order valence-corrected chi connectivity index (χ1v) is 6.79. The Kier molecular flexibility index (Phi) is 3.92. The highest BCUT2D eigenvalue weighted by Crippen LogP contribution is 2.31. The number of hydrogen-bond donors (Lipinski definition) is 1. The SMILES string of the molecule is CCc1ccc(C(N)C(C)c2ccccn2)s1. The zero-order valence-corrected chi connectivity index (χ0v) is 11.1. The Hall–Kier alpha value is -1.19. The summed E-state index contributed by atoms with van der Waals surface area (Å²) >= 11 is 1.81. The lowest BCUT2D eigenvalue weighted by atomic mass is 9.97. The van der Waals surface area contributed by atoms with Crippen molar-refractivity contribution in [1.82, 2.24) is 4.98 Å². The van der Waals surface area contributed by atoms with E-state index in [1.54, 1.807) is 0 Å². The number of aryl methyl sites for hydroxylation is 1. The Bertz CT molecular complexity index is 464. The van der Waals surface area contributed by atoms with E-state index in [0.717, 1.165) is 12.1 Å². The minimum atomic E-state index is 0.0372. The van der Waals surface area contributed by atoms with Crippen molar-refractivity contribution in [3.8, 4) is 0 Å². The van der Waals surface area contributed by atoms with Crippen molar-refractivity contribution in [2.75, 3.05) is 0 Å². The lowest BCUT2D eigenvalue weighted by molar-refractivity contribution is 0.592. The van der Waals surface area contributed by atoms with E-state index in [9.17, 15) is 0 Å². The molecule has 2 heterocycles. The van der Waals surface area contributed by atoms with Crippen LogP contribution in [0.5, 0.6) is 0 Å². The molecule has 0 saturated heterocycles. The van der Waals surface area contributed by atoms with Gasteiger partial charge in [0.2, 0.25) is 0 Å². The van der Waals surface area contributed by atoms with Crippen molar-refractivity contribution in [2.45, 2.75) is 32.2 Å². The van der Waals surface area contributed by atoms with Gasteiger partial charge in [-0.25, -0.2) is 0 Å². The van der Waals surface area contributed by atoms with Crippen LogP contribution in [0.3, 0.4) is 0 Å². The second-order valence-corrected chi connectivity index (χ2v) is 5.43. The molecule has 0 bridgehead atoms. The summed E-state index contributed by atoms with van der Waals surface area (Å²) in [7, 11) is 0. The molecule has 0 aliphatic heterocycles. The summed E-state index contributed by atoms with van der Waals surface area (Å²) in [4.78, 5) is 7.02. The van der Waals surface area contributed by atoms with Crippen LogP contribution in [-0.2, 0) is 6.42 Å². The molecule has 2 aromatic rings. The quantitative estimate of drug-likeness (QED) is 0.896. The molecule has 90 valence electrons. The lowest BCUT2D eigenvalue weighted by Gasteiger charge is -2.18. The molecule has 17 heavy (non-hydrogen) atoms. The maximum Gasteiger partial charge on any atom is 0.0471 e. The van der Waals surface area contributed by atoms with Crippen LogP contribution in [0.25, 0.3) is 0 Å². The van der Waals surface area contributed by atoms with Gasteiger partial charge in [-0.3, -0.25) is 4.98 Å². The molecule has 2 rings (SSSR count). The molecule has 0 amide bonds. The second-order valence-electron chi connectivity index (χ2n) is 4.23. The van der Waals surface area contributed by atoms with E-state index in [0.29, 0.717) is 0 Å². The third-order valence-corrected chi connectivity index (χ3v) is 4.38. The summed E-state index contributed by atoms with van der Waals surface area (Å²) in [5.41, 5.74) is 7.37. The standard InChI is InChI=1S/C14H18N2S/c1-3-11-7-8-13(17-11)14(15)10(2)12-6-4-5-9-16-12/h4-10,14H,3,15H2,1-2H3. The normalized spacial score (nSPS) is 14.5. The molecule has 0 spiro atoms. The van der Waals surface area contributed by atoms with Crippen molar-refractivity contribution in [2.24, 2.45) is 5.73 Å². The van der Waals surface area contributed by atoms with E-state index in [-0.39, 0.29) is 12.0 Å². The smallest absolute Gasteiger partial charge is 0.0471 e. The van der Waals surface area contributed by atoms with Crippen LogP contribution in [0.4, 0.5) is 0 Å². The largest absolute Gasteiger partial charge is 0.323 e. The van der Waals surface area contributed by atoms with Crippen molar-refractivity contribution in [3.63, 3.8) is 0 Å². The molecule has 0 aliphatic carbocycles. The third-order valence-electron chi connectivity index (χ3n) is 3.05. The number of hydrogen-bond acceptors (Lipinski definition) is 3. The molecule has 2 atom stereocenters. The highest BCUT2D eigenvalue weighted by molar-refractivity contribution is 7.12. The summed E-state index contributed by atoms with van der Waals surface area (Å²) in [6.07, 6.45) is 2.90. The Morgan fingerprint density at radius 3 is 2.71 bits per heavy atom. The predicted molar refractivity (Wildman–Crippen MR) is 73.3 cm³/mol. The van der Waals surface area contributed by atoms with Crippen molar-refractivity contribution >= 4 is 11.3 Å². The molecule has 2 aromatic heterocycles. The van der Waals surface area contributed by atoms with Gasteiger partial charge in [-0.2, -0.15) is 0 Å². The van der Waals surface area contributed by atoms with Gasteiger partial charge in [0.05, 0.1) is 0 Å². The van der Waals surface area contributed by atoms with E-state index >= 15 is 0 Å². The maximum absolute atomic E-state index is 6.31. The van der Waals surface area contributed by atoms with Gasteiger partial charge < -0.3 is 5.73 Å². The molecular formula is C14H18N2S. The summed E-state index contributed by atoms with van der Waals surface area (Å²) in [5, 5.41) is 0. The van der Waals surface area contributed by atoms with Crippen LogP contribution < -0.4 is 5.73 Å². The van der Waals surface area contributed by atoms with E-state index in [2.05, 4.69) is 31.0 Å². The van der Waals surface area contributed by atoms with Crippen LogP contribution in [0, 0.1) is 0 Å². The molecule has 0 saturated carbocycles. The van der Waals surface area contributed by atoms with Gasteiger partial charge in [0.1, 0.15) is 0 Å². The van der Waals surface area contributed by atoms with Gasteiger partial charge in [-0.05, 0) is 30.7 Å². The summed E-state index contributed by atoms with van der Waals surface area (Å²) in [5.74, 6) is 0.250. The zero-order valence-electron chi connectivity index (χ0n) is 10.3. The first kappa shape index (κ1) is 12.3. The summed E-state index contributed by atoms with van der Waals surface area (Å²) in [6.45, 7) is 4.31. The van der Waals surface area contributed by atoms with Crippen LogP contribution in [0.2, 0.25) is 0 Å². The molecule has 0 aliphatic rings. The number of rotatable bonds is 4. The first-order valence-electron chi connectivity index (χ1n) is 5.97.